The number of thiophene rings is 1. The van der Waals surface area contributed by atoms with Gasteiger partial charge in [0.05, 0.1) is 12.9 Å². The van der Waals surface area contributed by atoms with E-state index in [9.17, 15) is 9.90 Å². The van der Waals surface area contributed by atoms with Gasteiger partial charge in [0.15, 0.2) is 11.5 Å². The van der Waals surface area contributed by atoms with Crippen molar-refractivity contribution in [2.75, 3.05) is 12.4 Å². The van der Waals surface area contributed by atoms with Crippen molar-refractivity contribution in [1.82, 2.24) is 9.97 Å². The number of aliphatic hydroxyl groups excluding tert-OH is 1. The second-order valence-electron chi connectivity index (χ2n) is 6.02. The van der Waals surface area contributed by atoms with E-state index in [-0.39, 0.29) is 17.2 Å². The number of fused-ring (bicyclic) bond motifs is 1. The molecule has 0 aliphatic carbocycles. The lowest BCUT2D eigenvalue weighted by Gasteiger charge is -2.10. The number of hydrogen-bond acceptors (Lipinski definition) is 7. The van der Waals surface area contributed by atoms with Gasteiger partial charge in [0.25, 0.3) is 0 Å². The number of nitrogens with one attached hydrogen (secondary N) is 1. The number of carbonyl (C=O) groups excluding carboxylic acids is 1. The van der Waals surface area contributed by atoms with Crippen molar-refractivity contribution < 1.29 is 14.6 Å². The Morgan fingerprint density at radius 3 is 2.70 bits per heavy atom. The van der Waals surface area contributed by atoms with Gasteiger partial charge in [-0.15, -0.1) is 11.3 Å². The van der Waals surface area contributed by atoms with E-state index in [1.807, 2.05) is 37.3 Å². The molecule has 0 fully saturated rings. The maximum atomic E-state index is 12.6. The second-order valence-corrected chi connectivity index (χ2v) is 7.26. The fourth-order valence-corrected chi connectivity index (χ4v) is 3.34. The predicted molar refractivity (Wildman–Crippen MR) is 108 cm³/mol. The molecule has 3 rings (SSSR count). The van der Waals surface area contributed by atoms with Crippen LogP contribution in [0.3, 0.4) is 0 Å². The summed E-state index contributed by atoms with van der Waals surface area (Å²) >= 11 is 1.53. The monoisotopic (exact) mass is 383 g/mol. The van der Waals surface area contributed by atoms with Crippen molar-refractivity contribution in [2.45, 2.75) is 26.8 Å². The topological polar surface area (TPSA) is 84.3 Å². The number of ether oxygens (including phenoxy) is 1. The molecule has 0 unspecified atom stereocenters. The molecule has 0 aliphatic heterocycles. The Kier molecular flexibility index (Phi) is 5.71. The van der Waals surface area contributed by atoms with E-state index in [1.165, 1.54) is 17.4 Å². The van der Waals surface area contributed by atoms with Crippen LogP contribution in [0.1, 0.15) is 34.3 Å². The number of nitrogens with zero attached hydrogens (tertiary/aromatic N) is 2. The van der Waals surface area contributed by atoms with Gasteiger partial charge in [0.1, 0.15) is 16.1 Å². The minimum atomic E-state index is -0.371. The molecule has 2 heterocycles. The number of carbonyl (C=O) groups is 1. The quantitative estimate of drug-likeness (QED) is 0.351. The summed E-state index contributed by atoms with van der Waals surface area (Å²) in [6, 6.07) is 9.54. The molecule has 6 nitrogen and oxygen atoms in total. The van der Waals surface area contributed by atoms with E-state index in [4.69, 9.17) is 4.74 Å². The van der Waals surface area contributed by atoms with Gasteiger partial charge in [-0.05, 0) is 30.7 Å². The zero-order valence-corrected chi connectivity index (χ0v) is 16.3. The van der Waals surface area contributed by atoms with Crippen LogP contribution in [-0.4, -0.2) is 28.0 Å². The zero-order valence-electron chi connectivity index (χ0n) is 15.4. The number of methoxy groups -OCH3 is 1. The number of ketones is 1. The highest BCUT2D eigenvalue weighted by atomic mass is 32.1. The van der Waals surface area contributed by atoms with Crippen LogP contribution in [0.15, 0.2) is 42.2 Å². The van der Waals surface area contributed by atoms with E-state index in [0.717, 1.165) is 21.0 Å². The summed E-state index contributed by atoms with van der Waals surface area (Å²) in [7, 11) is 1.62. The Labute approximate surface area is 161 Å². The summed E-state index contributed by atoms with van der Waals surface area (Å²) < 4.78 is 5.16. The molecule has 1 aromatic carbocycles. The minimum Gasteiger partial charge on any atom is -0.512 e. The van der Waals surface area contributed by atoms with Crippen molar-refractivity contribution in [3.63, 3.8) is 0 Å². The average molecular weight is 383 g/mol. The van der Waals surface area contributed by atoms with E-state index in [0.29, 0.717) is 24.3 Å². The molecular formula is C20H21N3O3S. The fraction of sp³-hybridized carbons (Fsp3) is 0.250. The van der Waals surface area contributed by atoms with Crippen LogP contribution in [0.5, 0.6) is 5.75 Å². The van der Waals surface area contributed by atoms with Crippen LogP contribution >= 0.6 is 11.3 Å². The fourth-order valence-electron chi connectivity index (χ4n) is 2.52. The van der Waals surface area contributed by atoms with Gasteiger partial charge in [-0.3, -0.25) is 4.79 Å². The lowest BCUT2D eigenvalue weighted by atomic mass is 10.2. The number of aryl methyl sites for hydroxylation is 1. The summed E-state index contributed by atoms with van der Waals surface area (Å²) in [5.74, 6) is 0.838. The summed E-state index contributed by atoms with van der Waals surface area (Å²) in [6.45, 7) is 4.24. The first kappa shape index (κ1) is 18.8. The molecule has 0 radical (unpaired) electrons. The van der Waals surface area contributed by atoms with Gasteiger partial charge < -0.3 is 15.2 Å². The lowest BCUT2D eigenvalue weighted by molar-refractivity contribution is 0.103. The summed E-state index contributed by atoms with van der Waals surface area (Å²) in [4.78, 5) is 23.5. The number of allylic oxidation sites excluding steroid dienone is 2. The summed E-state index contributed by atoms with van der Waals surface area (Å²) in [6.07, 6.45) is 1.58. The van der Waals surface area contributed by atoms with Crippen molar-refractivity contribution in [2.24, 2.45) is 0 Å². The molecule has 0 saturated heterocycles. The van der Waals surface area contributed by atoms with Crippen molar-refractivity contribution in [3.05, 3.63) is 58.3 Å². The normalized spacial score (nSPS) is 11.6. The number of aromatic nitrogens is 2. The molecule has 0 aliphatic rings. The number of anilines is 1. The second kappa shape index (κ2) is 8.18. The first-order valence-corrected chi connectivity index (χ1v) is 9.40. The van der Waals surface area contributed by atoms with Crippen LogP contribution in [0.2, 0.25) is 0 Å². The summed E-state index contributed by atoms with van der Waals surface area (Å²) in [5.41, 5.74) is 1.90. The molecule has 0 bridgehead atoms. The number of hydrogen-bond donors (Lipinski definition) is 2. The highest BCUT2D eigenvalue weighted by Gasteiger charge is 2.17. The van der Waals surface area contributed by atoms with E-state index < -0.39 is 0 Å². The molecule has 0 amide bonds. The first-order valence-electron chi connectivity index (χ1n) is 8.59. The SMILES string of the molecule is CC/C(O)=C/C(=O)c1nc2cc(C)sc2nc1NCc1ccc(OC)cc1. The summed E-state index contributed by atoms with van der Waals surface area (Å²) in [5, 5.41) is 12.9. The van der Waals surface area contributed by atoms with E-state index in [2.05, 4.69) is 15.3 Å². The smallest absolute Gasteiger partial charge is 0.211 e. The average Bonchev–Trinajstić information content (AvgIpc) is 3.04. The molecule has 7 heteroatoms. The number of benzene rings is 1. The molecule has 2 aromatic heterocycles. The third kappa shape index (κ3) is 4.43. The maximum absolute atomic E-state index is 12.6. The van der Waals surface area contributed by atoms with Gasteiger partial charge in [-0.2, -0.15) is 0 Å². The van der Waals surface area contributed by atoms with Gasteiger partial charge in [-0.1, -0.05) is 19.1 Å². The number of aliphatic hydroxyl groups is 1. The van der Waals surface area contributed by atoms with Crippen LogP contribution in [0, 0.1) is 6.92 Å². The van der Waals surface area contributed by atoms with Gasteiger partial charge in [0.2, 0.25) is 5.78 Å². The Morgan fingerprint density at radius 1 is 1.30 bits per heavy atom. The minimum absolute atomic E-state index is 0.0181. The highest BCUT2D eigenvalue weighted by Crippen LogP contribution is 2.26. The maximum Gasteiger partial charge on any atom is 0.211 e. The molecule has 3 aromatic rings. The van der Waals surface area contributed by atoms with Crippen molar-refractivity contribution >= 4 is 33.3 Å². The third-order valence-corrected chi connectivity index (χ3v) is 4.93. The Hall–Kier alpha value is -2.93. The first-order chi connectivity index (χ1) is 13.0. The van der Waals surface area contributed by atoms with E-state index in [1.54, 1.807) is 14.0 Å². The van der Waals surface area contributed by atoms with Gasteiger partial charge in [0, 0.05) is 23.9 Å². The van der Waals surface area contributed by atoms with Gasteiger partial charge >= 0.3 is 0 Å². The van der Waals surface area contributed by atoms with Crippen molar-refractivity contribution in [1.29, 1.82) is 0 Å². The molecule has 2 N–H and O–H groups in total. The van der Waals surface area contributed by atoms with Crippen molar-refractivity contribution in [3.8, 4) is 5.75 Å². The van der Waals surface area contributed by atoms with Crippen LogP contribution in [0.25, 0.3) is 10.3 Å². The Bertz CT molecular complexity index is 994. The lowest BCUT2D eigenvalue weighted by Crippen LogP contribution is -2.10. The highest BCUT2D eigenvalue weighted by molar-refractivity contribution is 7.18. The van der Waals surface area contributed by atoms with Gasteiger partial charge in [-0.25, -0.2) is 9.97 Å². The largest absolute Gasteiger partial charge is 0.512 e. The molecule has 27 heavy (non-hydrogen) atoms. The molecule has 140 valence electrons. The van der Waals surface area contributed by atoms with Crippen LogP contribution < -0.4 is 10.1 Å². The van der Waals surface area contributed by atoms with E-state index >= 15 is 0 Å². The van der Waals surface area contributed by atoms with Crippen LogP contribution in [-0.2, 0) is 6.54 Å². The third-order valence-electron chi connectivity index (χ3n) is 4.00. The molecule has 0 saturated carbocycles. The molecule has 0 atom stereocenters. The Morgan fingerprint density at radius 2 is 2.04 bits per heavy atom. The number of rotatable bonds is 7. The standard InChI is InChI=1S/C20H21N3O3S/c1-4-14(24)10-17(25)18-19(23-20-16(22-18)9-12(2)27-20)21-11-13-5-7-15(26-3)8-6-13/h5-10,24H,4,11H2,1-3H3,(H,21,23)/b14-10-. The van der Waals surface area contributed by atoms with Crippen LogP contribution in [0.4, 0.5) is 5.82 Å². The Balaban J connectivity index is 1.93. The molecule has 0 spiro atoms. The predicted octanol–water partition coefficient (Wildman–Crippen LogP) is 4.66. The molecular weight excluding hydrogens is 362 g/mol. The zero-order chi connectivity index (χ0) is 19.4.